The number of rotatable bonds is 8. The SMILES string of the molecule is CCC(CC)[C@H](NC(C)=O)[C@H]1[C@H](O)[C@@H](C(=O)O)C[C@H]1N=CNN. The standard InChI is InChI=1S/C15H28N4O4/c1-4-9(5-2)13(19-8(3)20)12-11(17-7-18-16)6-10(14(12)21)15(22)23/h7,9-14,21H,4-6,16H2,1-3H3,(H,17,18)(H,19,20)(H,22,23)/t10-,11+,12-,13-,14+/m0/s1. The van der Waals surface area contributed by atoms with Crippen LogP contribution in [0.2, 0.25) is 0 Å². The van der Waals surface area contributed by atoms with Gasteiger partial charge in [-0.05, 0) is 12.3 Å². The monoisotopic (exact) mass is 328 g/mol. The van der Waals surface area contributed by atoms with Gasteiger partial charge >= 0.3 is 5.97 Å². The summed E-state index contributed by atoms with van der Waals surface area (Å²) in [6, 6.07) is -0.749. The summed E-state index contributed by atoms with van der Waals surface area (Å²) >= 11 is 0. The molecule has 1 saturated carbocycles. The number of aliphatic imine (C=N–C) groups is 1. The smallest absolute Gasteiger partial charge is 0.309 e. The molecule has 8 nitrogen and oxygen atoms in total. The van der Waals surface area contributed by atoms with Gasteiger partial charge in [-0.15, -0.1) is 0 Å². The molecule has 0 bridgehead atoms. The summed E-state index contributed by atoms with van der Waals surface area (Å²) in [7, 11) is 0. The molecule has 0 radical (unpaired) electrons. The van der Waals surface area contributed by atoms with E-state index in [4.69, 9.17) is 5.84 Å². The lowest BCUT2D eigenvalue weighted by Gasteiger charge is -2.35. The number of hydrazine groups is 1. The number of nitrogens with two attached hydrogens (primary N) is 1. The highest BCUT2D eigenvalue weighted by molar-refractivity contribution is 5.74. The average Bonchev–Trinajstić information content (AvgIpc) is 2.81. The normalized spacial score (nSPS) is 29.0. The summed E-state index contributed by atoms with van der Waals surface area (Å²) in [5.74, 6) is 2.72. The van der Waals surface area contributed by atoms with E-state index in [-0.39, 0.29) is 24.3 Å². The number of aliphatic hydroxyl groups is 1. The van der Waals surface area contributed by atoms with E-state index in [1.165, 1.54) is 13.3 Å². The van der Waals surface area contributed by atoms with Gasteiger partial charge in [0, 0.05) is 18.9 Å². The Labute approximate surface area is 136 Å². The molecule has 6 N–H and O–H groups in total. The van der Waals surface area contributed by atoms with E-state index < -0.39 is 30.0 Å². The molecule has 0 aromatic heterocycles. The number of hydrogen-bond acceptors (Lipinski definition) is 5. The van der Waals surface area contributed by atoms with Crippen molar-refractivity contribution in [1.29, 1.82) is 0 Å². The Morgan fingerprint density at radius 2 is 2.00 bits per heavy atom. The van der Waals surface area contributed by atoms with E-state index in [0.717, 1.165) is 12.8 Å². The Morgan fingerprint density at radius 3 is 2.43 bits per heavy atom. The summed E-state index contributed by atoms with van der Waals surface area (Å²) in [6.07, 6.45) is 2.08. The largest absolute Gasteiger partial charge is 0.481 e. The summed E-state index contributed by atoms with van der Waals surface area (Å²) in [6.45, 7) is 5.45. The van der Waals surface area contributed by atoms with Crippen molar-refractivity contribution in [2.24, 2.45) is 28.6 Å². The van der Waals surface area contributed by atoms with Crippen molar-refractivity contribution in [1.82, 2.24) is 10.7 Å². The Morgan fingerprint density at radius 1 is 1.39 bits per heavy atom. The van der Waals surface area contributed by atoms with Gasteiger partial charge in [0.15, 0.2) is 0 Å². The fourth-order valence-corrected chi connectivity index (χ4v) is 3.61. The van der Waals surface area contributed by atoms with Gasteiger partial charge in [-0.25, -0.2) is 5.84 Å². The number of aliphatic hydroxyl groups excluding tert-OH is 1. The van der Waals surface area contributed by atoms with Crippen LogP contribution in [0, 0.1) is 17.8 Å². The van der Waals surface area contributed by atoms with Crippen LogP contribution in [0.4, 0.5) is 0 Å². The van der Waals surface area contributed by atoms with E-state index in [1.54, 1.807) is 0 Å². The Hall–Kier alpha value is -1.67. The van der Waals surface area contributed by atoms with E-state index in [9.17, 15) is 19.8 Å². The quantitative estimate of drug-likeness (QED) is 0.182. The molecular formula is C15H28N4O4. The minimum absolute atomic E-state index is 0.134. The van der Waals surface area contributed by atoms with E-state index in [2.05, 4.69) is 15.7 Å². The lowest BCUT2D eigenvalue weighted by molar-refractivity contribution is -0.145. The first kappa shape index (κ1) is 19.4. The molecule has 1 rings (SSSR count). The predicted molar refractivity (Wildman–Crippen MR) is 86.5 cm³/mol. The fourth-order valence-electron chi connectivity index (χ4n) is 3.61. The van der Waals surface area contributed by atoms with Crippen LogP contribution in [0.3, 0.4) is 0 Å². The molecule has 1 amide bonds. The molecule has 5 atom stereocenters. The molecule has 1 fully saturated rings. The van der Waals surface area contributed by atoms with Crippen LogP contribution >= 0.6 is 0 Å². The number of hydrogen-bond donors (Lipinski definition) is 5. The van der Waals surface area contributed by atoms with Gasteiger partial charge < -0.3 is 21.0 Å². The van der Waals surface area contributed by atoms with Crippen molar-refractivity contribution in [2.45, 2.75) is 58.2 Å². The van der Waals surface area contributed by atoms with Crippen molar-refractivity contribution < 1.29 is 19.8 Å². The van der Waals surface area contributed by atoms with Gasteiger partial charge in [0.25, 0.3) is 0 Å². The average molecular weight is 328 g/mol. The van der Waals surface area contributed by atoms with Crippen LogP contribution in [0.5, 0.6) is 0 Å². The Balaban J connectivity index is 3.17. The minimum atomic E-state index is -1.06. The number of nitrogens with zero attached hydrogens (tertiary/aromatic N) is 1. The number of nitrogens with one attached hydrogen (secondary N) is 2. The van der Waals surface area contributed by atoms with Gasteiger partial charge in [0.1, 0.15) is 0 Å². The molecule has 0 spiro atoms. The molecule has 0 aromatic rings. The molecule has 0 unspecified atom stereocenters. The second kappa shape index (κ2) is 8.83. The number of carbonyl (C=O) groups excluding carboxylic acids is 1. The first-order valence-corrected chi connectivity index (χ1v) is 8.03. The second-order valence-electron chi connectivity index (χ2n) is 6.06. The number of amides is 1. The van der Waals surface area contributed by atoms with Crippen molar-refractivity contribution in [3.63, 3.8) is 0 Å². The number of carboxylic acids is 1. The summed E-state index contributed by atoms with van der Waals surface area (Å²) in [4.78, 5) is 27.3. The summed E-state index contributed by atoms with van der Waals surface area (Å²) in [5.41, 5.74) is 2.30. The maximum Gasteiger partial charge on any atom is 0.309 e. The second-order valence-corrected chi connectivity index (χ2v) is 6.06. The zero-order valence-corrected chi connectivity index (χ0v) is 13.9. The van der Waals surface area contributed by atoms with Gasteiger partial charge in [-0.1, -0.05) is 26.7 Å². The molecular weight excluding hydrogens is 300 g/mol. The van der Waals surface area contributed by atoms with E-state index in [0.29, 0.717) is 0 Å². The molecule has 0 aliphatic heterocycles. The van der Waals surface area contributed by atoms with E-state index in [1.807, 2.05) is 13.8 Å². The van der Waals surface area contributed by atoms with Gasteiger partial charge in [0.05, 0.1) is 24.4 Å². The predicted octanol–water partition coefficient (Wildman–Crippen LogP) is -0.131. The first-order valence-electron chi connectivity index (χ1n) is 8.03. The van der Waals surface area contributed by atoms with Crippen LogP contribution < -0.4 is 16.6 Å². The highest BCUT2D eigenvalue weighted by Gasteiger charge is 2.50. The van der Waals surface area contributed by atoms with Crippen molar-refractivity contribution in [3.05, 3.63) is 0 Å². The van der Waals surface area contributed by atoms with Gasteiger partial charge in [-0.2, -0.15) is 0 Å². The topological polar surface area (TPSA) is 137 Å². The van der Waals surface area contributed by atoms with Crippen LogP contribution in [0.25, 0.3) is 0 Å². The molecule has 0 heterocycles. The lowest BCUT2D eigenvalue weighted by atomic mass is 9.80. The lowest BCUT2D eigenvalue weighted by Crippen LogP contribution is -2.50. The summed E-state index contributed by atoms with van der Waals surface area (Å²) < 4.78 is 0. The first-order chi connectivity index (χ1) is 10.9. The molecule has 8 heteroatoms. The van der Waals surface area contributed by atoms with Gasteiger partial charge in [0.2, 0.25) is 5.91 Å². The molecule has 0 aromatic carbocycles. The Bertz CT molecular complexity index is 439. The van der Waals surface area contributed by atoms with Crippen LogP contribution in [0.15, 0.2) is 4.99 Å². The zero-order chi connectivity index (χ0) is 17.6. The third-order valence-corrected chi connectivity index (χ3v) is 4.75. The molecule has 1 aliphatic rings. The number of carboxylic acid groups (broad SMARTS) is 1. The molecule has 23 heavy (non-hydrogen) atoms. The molecule has 1 aliphatic carbocycles. The van der Waals surface area contributed by atoms with Crippen LogP contribution in [-0.4, -0.2) is 46.6 Å². The third kappa shape index (κ3) is 4.65. The zero-order valence-electron chi connectivity index (χ0n) is 13.9. The number of carbonyl (C=O) groups is 2. The fraction of sp³-hybridized carbons (Fsp3) is 0.800. The van der Waals surface area contributed by atoms with Crippen molar-refractivity contribution in [3.8, 4) is 0 Å². The minimum Gasteiger partial charge on any atom is -0.481 e. The maximum atomic E-state index is 11.6. The summed E-state index contributed by atoms with van der Waals surface area (Å²) in [5, 5.41) is 22.8. The highest BCUT2D eigenvalue weighted by Crippen LogP contribution is 2.39. The van der Waals surface area contributed by atoms with Crippen LogP contribution in [0.1, 0.15) is 40.0 Å². The van der Waals surface area contributed by atoms with Gasteiger partial charge in [-0.3, -0.25) is 14.6 Å². The van der Waals surface area contributed by atoms with E-state index >= 15 is 0 Å². The highest BCUT2D eigenvalue weighted by atomic mass is 16.4. The van der Waals surface area contributed by atoms with Crippen molar-refractivity contribution >= 4 is 18.2 Å². The Kier molecular flexibility index (Phi) is 7.44. The molecule has 132 valence electrons. The maximum absolute atomic E-state index is 11.6. The van der Waals surface area contributed by atoms with Crippen LogP contribution in [-0.2, 0) is 9.59 Å². The molecule has 0 saturated heterocycles. The van der Waals surface area contributed by atoms with Crippen molar-refractivity contribution in [2.75, 3.05) is 0 Å². The third-order valence-electron chi connectivity index (χ3n) is 4.75. The number of aliphatic carboxylic acids is 1.